The summed E-state index contributed by atoms with van der Waals surface area (Å²) in [5.41, 5.74) is 4.63. The molecule has 0 aliphatic carbocycles. The van der Waals surface area contributed by atoms with Crippen LogP contribution in [0.1, 0.15) is 29.8 Å². The number of carbonyl (C=O) groups excluding carboxylic acids is 1. The van der Waals surface area contributed by atoms with E-state index < -0.39 is 0 Å². The number of hydrogen-bond acceptors (Lipinski definition) is 6. The number of anilines is 1. The zero-order valence-corrected chi connectivity index (χ0v) is 17.6. The molecule has 0 spiro atoms. The zero-order chi connectivity index (χ0) is 21.9. The fourth-order valence-corrected chi connectivity index (χ4v) is 4.20. The highest BCUT2D eigenvalue weighted by molar-refractivity contribution is 6.08. The average molecular weight is 425 g/mol. The van der Waals surface area contributed by atoms with Gasteiger partial charge in [-0.25, -0.2) is 0 Å². The van der Waals surface area contributed by atoms with Gasteiger partial charge < -0.3 is 10.2 Å². The number of aliphatic imine (C=N–C) groups is 1. The molecule has 1 unspecified atom stereocenters. The van der Waals surface area contributed by atoms with Crippen LogP contribution in [0.2, 0.25) is 0 Å². The summed E-state index contributed by atoms with van der Waals surface area (Å²) in [6.45, 7) is 2.46. The Bertz CT molecular complexity index is 1260. The van der Waals surface area contributed by atoms with E-state index in [9.17, 15) is 4.79 Å². The van der Waals surface area contributed by atoms with Crippen molar-refractivity contribution in [2.75, 3.05) is 24.5 Å². The van der Waals surface area contributed by atoms with Crippen LogP contribution in [0.4, 0.5) is 5.69 Å². The summed E-state index contributed by atoms with van der Waals surface area (Å²) >= 11 is 0. The number of nitrogens with one attached hydrogen (secondary N) is 2. The topological polar surface area (TPSA) is 110 Å². The quantitative estimate of drug-likeness (QED) is 0.667. The number of H-pyrrole nitrogens is 1. The van der Waals surface area contributed by atoms with E-state index in [1.54, 1.807) is 12.2 Å². The smallest absolute Gasteiger partial charge is 0.272 e. The third-order valence-electron chi connectivity index (χ3n) is 5.93. The molecule has 2 aromatic heterocycles. The van der Waals surface area contributed by atoms with Crippen molar-refractivity contribution in [3.63, 3.8) is 0 Å². The number of nitrogens with zero attached hydrogens (tertiary/aromatic N) is 5. The van der Waals surface area contributed by atoms with Gasteiger partial charge in [-0.1, -0.05) is 12.1 Å². The van der Waals surface area contributed by atoms with Crippen molar-refractivity contribution in [3.8, 4) is 17.2 Å². The van der Waals surface area contributed by atoms with Gasteiger partial charge >= 0.3 is 0 Å². The first kappa shape index (κ1) is 19.9. The Morgan fingerprint density at radius 1 is 1.16 bits per heavy atom. The summed E-state index contributed by atoms with van der Waals surface area (Å²) in [4.78, 5) is 23.9. The van der Waals surface area contributed by atoms with Crippen LogP contribution in [0.5, 0.6) is 0 Å². The number of piperidine rings is 1. The van der Waals surface area contributed by atoms with E-state index in [0.29, 0.717) is 18.0 Å². The van der Waals surface area contributed by atoms with Gasteiger partial charge in [0.15, 0.2) is 5.69 Å². The third-order valence-corrected chi connectivity index (χ3v) is 5.93. The maximum Gasteiger partial charge on any atom is 0.272 e. The Kier molecular flexibility index (Phi) is 5.38. The molecule has 1 fully saturated rings. The number of nitriles is 1. The monoisotopic (exact) mass is 425 g/mol. The van der Waals surface area contributed by atoms with Gasteiger partial charge in [0.25, 0.3) is 5.91 Å². The normalized spacial score (nSPS) is 18.3. The Hall–Kier alpha value is -3.99. The lowest BCUT2D eigenvalue weighted by atomic mass is 10.0. The predicted molar refractivity (Wildman–Crippen MR) is 124 cm³/mol. The minimum absolute atomic E-state index is 0.264. The minimum Gasteiger partial charge on any atom is -0.370 e. The van der Waals surface area contributed by atoms with E-state index >= 15 is 0 Å². The maximum atomic E-state index is 12.9. The molecule has 4 heterocycles. The van der Waals surface area contributed by atoms with Crippen molar-refractivity contribution in [3.05, 3.63) is 54.5 Å². The molecule has 5 rings (SSSR count). The third kappa shape index (κ3) is 3.97. The number of carbonyl (C=O) groups is 1. The summed E-state index contributed by atoms with van der Waals surface area (Å²) in [6, 6.07) is 9.83. The number of aromatic nitrogens is 3. The van der Waals surface area contributed by atoms with Crippen molar-refractivity contribution in [2.45, 2.75) is 25.3 Å². The molecule has 0 radical (unpaired) electrons. The lowest BCUT2D eigenvalue weighted by Crippen LogP contribution is -2.37. The van der Waals surface area contributed by atoms with E-state index in [-0.39, 0.29) is 11.9 Å². The first-order valence-electron chi connectivity index (χ1n) is 10.8. The zero-order valence-electron chi connectivity index (χ0n) is 17.6. The van der Waals surface area contributed by atoms with E-state index in [1.807, 2.05) is 36.7 Å². The molecule has 160 valence electrons. The number of aromatic amines is 1. The molecular weight excluding hydrogens is 402 g/mol. The highest BCUT2D eigenvalue weighted by Crippen LogP contribution is 2.28. The molecule has 0 bridgehead atoms. The summed E-state index contributed by atoms with van der Waals surface area (Å²) in [6.07, 6.45) is 10.9. The Morgan fingerprint density at radius 2 is 2.03 bits per heavy atom. The van der Waals surface area contributed by atoms with Crippen molar-refractivity contribution < 1.29 is 4.79 Å². The Morgan fingerprint density at radius 3 is 2.81 bits per heavy atom. The van der Waals surface area contributed by atoms with E-state index in [4.69, 9.17) is 5.26 Å². The average Bonchev–Trinajstić information content (AvgIpc) is 3.29. The molecule has 2 N–H and O–H groups in total. The molecule has 1 amide bonds. The van der Waals surface area contributed by atoms with Gasteiger partial charge in [-0.3, -0.25) is 19.9 Å². The fraction of sp³-hybridized carbons (Fsp3) is 0.292. The Balaban J connectivity index is 1.40. The second-order valence-corrected chi connectivity index (χ2v) is 8.09. The van der Waals surface area contributed by atoms with Crippen LogP contribution in [-0.2, 0) is 0 Å². The van der Waals surface area contributed by atoms with Crippen molar-refractivity contribution in [1.29, 1.82) is 5.26 Å². The number of amides is 1. The first-order chi connectivity index (χ1) is 15.7. The van der Waals surface area contributed by atoms with Crippen LogP contribution in [0.15, 0.2) is 53.8 Å². The van der Waals surface area contributed by atoms with E-state index in [2.05, 4.69) is 36.5 Å². The molecular formula is C24H23N7O. The van der Waals surface area contributed by atoms with Crippen LogP contribution in [0.25, 0.3) is 22.0 Å². The molecule has 8 heteroatoms. The SMILES string of the molecule is N#CC1=NCC(NC(=O)c2n[nH]c3ccc(-c4cncc(N5CCCCC5)c4)cc23)C=C1. The van der Waals surface area contributed by atoms with Crippen molar-refractivity contribution in [2.24, 2.45) is 4.99 Å². The van der Waals surface area contributed by atoms with Gasteiger partial charge in [-0.2, -0.15) is 10.4 Å². The second kappa shape index (κ2) is 8.63. The van der Waals surface area contributed by atoms with Gasteiger partial charge in [-0.15, -0.1) is 0 Å². The minimum atomic E-state index is -0.279. The highest BCUT2D eigenvalue weighted by Gasteiger charge is 2.19. The lowest BCUT2D eigenvalue weighted by Gasteiger charge is -2.28. The molecule has 2 aliphatic rings. The van der Waals surface area contributed by atoms with E-state index in [1.165, 1.54) is 19.3 Å². The highest BCUT2D eigenvalue weighted by atomic mass is 16.2. The van der Waals surface area contributed by atoms with Crippen LogP contribution in [0, 0.1) is 11.3 Å². The van der Waals surface area contributed by atoms with Crippen LogP contribution < -0.4 is 10.2 Å². The standard InChI is InChI=1S/C24H23N7O/c25-12-18-5-6-19(14-27-18)28-24(32)23-21-11-16(4-7-22(21)29-30-23)17-10-20(15-26-13-17)31-8-2-1-3-9-31/h4-7,10-11,13,15,19H,1-3,8-9,14H2,(H,28,32)(H,29,30). The molecule has 8 nitrogen and oxygen atoms in total. The van der Waals surface area contributed by atoms with Gasteiger partial charge in [0.2, 0.25) is 0 Å². The maximum absolute atomic E-state index is 12.9. The number of pyridine rings is 1. The number of benzene rings is 1. The summed E-state index contributed by atoms with van der Waals surface area (Å²) in [5.74, 6) is -0.279. The molecule has 2 aliphatic heterocycles. The predicted octanol–water partition coefficient (Wildman–Crippen LogP) is 3.25. The Labute approximate surface area is 185 Å². The van der Waals surface area contributed by atoms with Crippen LogP contribution >= 0.6 is 0 Å². The molecule has 32 heavy (non-hydrogen) atoms. The first-order valence-corrected chi connectivity index (χ1v) is 10.8. The van der Waals surface area contributed by atoms with Gasteiger partial charge in [0.1, 0.15) is 11.8 Å². The molecule has 1 saturated heterocycles. The van der Waals surface area contributed by atoms with Crippen molar-refractivity contribution in [1.82, 2.24) is 20.5 Å². The number of allylic oxidation sites excluding steroid dienone is 1. The van der Waals surface area contributed by atoms with Crippen molar-refractivity contribution >= 4 is 28.2 Å². The lowest BCUT2D eigenvalue weighted by molar-refractivity contribution is 0.0942. The summed E-state index contributed by atoms with van der Waals surface area (Å²) in [7, 11) is 0. The van der Waals surface area contributed by atoms with Gasteiger partial charge in [0, 0.05) is 30.2 Å². The second-order valence-electron chi connectivity index (χ2n) is 8.09. The van der Waals surface area contributed by atoms with Crippen LogP contribution in [-0.4, -0.2) is 52.5 Å². The largest absolute Gasteiger partial charge is 0.370 e. The fourth-order valence-electron chi connectivity index (χ4n) is 4.20. The number of fused-ring (bicyclic) bond motifs is 1. The number of rotatable bonds is 4. The van der Waals surface area contributed by atoms with E-state index in [0.717, 1.165) is 40.8 Å². The molecule has 3 aromatic rings. The van der Waals surface area contributed by atoms with Gasteiger partial charge in [-0.05, 0) is 49.1 Å². The number of hydrogen-bond donors (Lipinski definition) is 2. The van der Waals surface area contributed by atoms with Crippen LogP contribution in [0.3, 0.4) is 0 Å². The molecule has 1 atom stereocenters. The van der Waals surface area contributed by atoms with Gasteiger partial charge in [0.05, 0.1) is 30.0 Å². The molecule has 1 aromatic carbocycles. The number of dihydropyridines is 1. The summed E-state index contributed by atoms with van der Waals surface area (Å²) in [5, 5.41) is 19.8. The summed E-state index contributed by atoms with van der Waals surface area (Å²) < 4.78 is 0. The molecule has 0 saturated carbocycles.